The monoisotopic (exact) mass is 475 g/mol. The number of guanidine groups is 1. The van der Waals surface area contributed by atoms with E-state index in [0.717, 1.165) is 36.0 Å². The maximum absolute atomic E-state index is 4.50. The fraction of sp³-hybridized carbons (Fsp3) is 0.238. The van der Waals surface area contributed by atoms with Gasteiger partial charge < -0.3 is 15.2 Å². The predicted molar refractivity (Wildman–Crippen MR) is 122 cm³/mol. The molecule has 0 fully saturated rings. The van der Waals surface area contributed by atoms with E-state index in [1.54, 1.807) is 7.05 Å². The smallest absolute Gasteiger partial charge is 0.193 e. The number of benzene rings is 2. The molecule has 0 bridgehead atoms. The predicted octanol–water partition coefficient (Wildman–Crippen LogP) is 3.94. The highest BCUT2D eigenvalue weighted by Crippen LogP contribution is 2.16. The van der Waals surface area contributed by atoms with Crippen LogP contribution in [0.5, 0.6) is 0 Å². The normalized spacial score (nSPS) is 11.0. The number of aromatic amines is 1. The van der Waals surface area contributed by atoms with Gasteiger partial charge >= 0.3 is 0 Å². The average molecular weight is 475 g/mol. The van der Waals surface area contributed by atoms with Gasteiger partial charge in [-0.1, -0.05) is 60.7 Å². The van der Waals surface area contributed by atoms with Crippen molar-refractivity contribution in [1.29, 1.82) is 0 Å². The van der Waals surface area contributed by atoms with Gasteiger partial charge in [-0.2, -0.15) is 0 Å². The Morgan fingerprint density at radius 3 is 2.41 bits per heavy atom. The molecule has 142 valence electrons. The van der Waals surface area contributed by atoms with Crippen molar-refractivity contribution in [3.63, 3.8) is 0 Å². The first-order valence-electron chi connectivity index (χ1n) is 8.81. The molecule has 6 heteroatoms. The molecule has 3 aromatic rings. The summed E-state index contributed by atoms with van der Waals surface area (Å²) in [6.45, 7) is 1.51. The molecule has 0 saturated heterocycles. The van der Waals surface area contributed by atoms with Crippen molar-refractivity contribution in [2.24, 2.45) is 4.99 Å². The Bertz CT molecular complexity index is 830. The molecule has 0 radical (unpaired) electrons. The van der Waals surface area contributed by atoms with Crippen LogP contribution in [0.3, 0.4) is 0 Å². The Morgan fingerprint density at radius 1 is 1.07 bits per heavy atom. The van der Waals surface area contributed by atoms with E-state index in [1.165, 1.54) is 5.56 Å². The first-order chi connectivity index (χ1) is 12.8. The van der Waals surface area contributed by atoms with Crippen molar-refractivity contribution in [2.75, 3.05) is 20.6 Å². The Hall–Kier alpha value is -2.35. The summed E-state index contributed by atoms with van der Waals surface area (Å²) in [6, 6.07) is 20.7. The Labute approximate surface area is 178 Å². The summed E-state index contributed by atoms with van der Waals surface area (Å²) in [4.78, 5) is 14.3. The third-order valence-corrected chi connectivity index (χ3v) is 4.21. The molecule has 27 heavy (non-hydrogen) atoms. The van der Waals surface area contributed by atoms with Crippen LogP contribution in [0.4, 0.5) is 0 Å². The van der Waals surface area contributed by atoms with E-state index in [2.05, 4.69) is 61.6 Å². The number of halogens is 1. The standard InChI is InChI=1S/C21H25N5.HI/c1-22-21(23-14-13-17-9-5-3-6-10-17)26(2)16-20-24-15-19(25-20)18-11-7-4-8-12-18;/h3-12,15H,13-14,16H2,1-2H3,(H,22,23)(H,24,25);1H. The SMILES string of the molecule is CN=C(NCCc1ccccc1)N(C)Cc1ncc(-c2ccccc2)[nH]1.I. The van der Waals surface area contributed by atoms with Gasteiger partial charge in [0.15, 0.2) is 5.96 Å². The number of hydrogen-bond donors (Lipinski definition) is 2. The number of imidazole rings is 1. The first-order valence-corrected chi connectivity index (χ1v) is 8.81. The van der Waals surface area contributed by atoms with Gasteiger partial charge in [0.25, 0.3) is 0 Å². The second kappa shape index (κ2) is 10.7. The molecular formula is C21H26IN5. The lowest BCUT2D eigenvalue weighted by molar-refractivity contribution is 0.464. The van der Waals surface area contributed by atoms with E-state index < -0.39 is 0 Å². The van der Waals surface area contributed by atoms with Crippen molar-refractivity contribution in [1.82, 2.24) is 20.2 Å². The van der Waals surface area contributed by atoms with Gasteiger partial charge in [0.1, 0.15) is 5.82 Å². The maximum atomic E-state index is 4.50. The van der Waals surface area contributed by atoms with E-state index in [-0.39, 0.29) is 24.0 Å². The highest BCUT2D eigenvalue weighted by atomic mass is 127. The number of aromatic nitrogens is 2. The van der Waals surface area contributed by atoms with Crippen LogP contribution >= 0.6 is 24.0 Å². The molecule has 2 N–H and O–H groups in total. The molecule has 0 amide bonds. The molecule has 0 saturated carbocycles. The largest absolute Gasteiger partial charge is 0.356 e. The highest BCUT2D eigenvalue weighted by Gasteiger charge is 2.09. The summed E-state index contributed by atoms with van der Waals surface area (Å²) in [5, 5.41) is 3.41. The zero-order chi connectivity index (χ0) is 18.2. The molecule has 0 atom stereocenters. The average Bonchev–Trinajstić information content (AvgIpc) is 3.15. The lowest BCUT2D eigenvalue weighted by atomic mass is 10.1. The lowest BCUT2D eigenvalue weighted by Crippen LogP contribution is -2.39. The fourth-order valence-corrected chi connectivity index (χ4v) is 2.85. The van der Waals surface area contributed by atoms with Gasteiger partial charge in [-0.3, -0.25) is 4.99 Å². The third kappa shape index (κ3) is 6.09. The number of hydrogen-bond acceptors (Lipinski definition) is 2. The van der Waals surface area contributed by atoms with Gasteiger partial charge in [-0.05, 0) is 17.5 Å². The minimum absolute atomic E-state index is 0. The maximum Gasteiger partial charge on any atom is 0.193 e. The molecule has 0 unspecified atom stereocenters. The molecule has 5 nitrogen and oxygen atoms in total. The van der Waals surface area contributed by atoms with Crippen molar-refractivity contribution < 1.29 is 0 Å². The van der Waals surface area contributed by atoms with Gasteiger partial charge in [-0.25, -0.2) is 4.98 Å². The molecule has 0 spiro atoms. The zero-order valence-electron chi connectivity index (χ0n) is 15.7. The summed E-state index contributed by atoms with van der Waals surface area (Å²) in [5.41, 5.74) is 3.48. The van der Waals surface area contributed by atoms with Crippen LogP contribution in [0.2, 0.25) is 0 Å². The van der Waals surface area contributed by atoms with Gasteiger partial charge in [0, 0.05) is 20.6 Å². The van der Waals surface area contributed by atoms with E-state index >= 15 is 0 Å². The number of rotatable bonds is 6. The minimum Gasteiger partial charge on any atom is -0.356 e. The molecular weight excluding hydrogens is 449 g/mol. The minimum atomic E-state index is 0. The van der Waals surface area contributed by atoms with Crippen LogP contribution in [0.1, 0.15) is 11.4 Å². The fourth-order valence-electron chi connectivity index (χ4n) is 2.85. The second-order valence-electron chi connectivity index (χ2n) is 6.18. The van der Waals surface area contributed by atoms with E-state index in [0.29, 0.717) is 6.54 Å². The first kappa shape index (κ1) is 21.0. The number of nitrogens with zero attached hydrogens (tertiary/aromatic N) is 3. The summed E-state index contributed by atoms with van der Waals surface area (Å²) < 4.78 is 0. The zero-order valence-corrected chi connectivity index (χ0v) is 18.1. The third-order valence-electron chi connectivity index (χ3n) is 4.21. The number of aliphatic imine (C=N–C) groups is 1. The summed E-state index contributed by atoms with van der Waals surface area (Å²) in [6.07, 6.45) is 2.84. The quantitative estimate of drug-likeness (QED) is 0.323. The molecule has 1 aromatic heterocycles. The van der Waals surface area contributed by atoms with Crippen molar-refractivity contribution >= 4 is 29.9 Å². The Balaban J connectivity index is 0.00000261. The number of nitrogens with one attached hydrogen (secondary N) is 2. The van der Waals surface area contributed by atoms with E-state index in [9.17, 15) is 0 Å². The summed E-state index contributed by atoms with van der Waals surface area (Å²) >= 11 is 0. The van der Waals surface area contributed by atoms with Crippen molar-refractivity contribution in [3.05, 3.63) is 78.2 Å². The van der Waals surface area contributed by atoms with Crippen molar-refractivity contribution in [3.8, 4) is 11.3 Å². The van der Waals surface area contributed by atoms with Crippen LogP contribution < -0.4 is 5.32 Å². The molecule has 0 aliphatic carbocycles. The molecule has 3 rings (SSSR count). The van der Waals surface area contributed by atoms with Gasteiger partial charge in [0.05, 0.1) is 18.4 Å². The van der Waals surface area contributed by atoms with Crippen LogP contribution in [0.15, 0.2) is 71.9 Å². The molecule has 2 aromatic carbocycles. The lowest BCUT2D eigenvalue weighted by Gasteiger charge is -2.21. The Morgan fingerprint density at radius 2 is 1.74 bits per heavy atom. The van der Waals surface area contributed by atoms with E-state index in [1.807, 2.05) is 37.5 Å². The summed E-state index contributed by atoms with van der Waals surface area (Å²) in [7, 11) is 3.82. The highest BCUT2D eigenvalue weighted by molar-refractivity contribution is 14.0. The van der Waals surface area contributed by atoms with Crippen molar-refractivity contribution in [2.45, 2.75) is 13.0 Å². The molecule has 0 aliphatic rings. The van der Waals surface area contributed by atoms with Gasteiger partial charge in [-0.15, -0.1) is 24.0 Å². The number of H-pyrrole nitrogens is 1. The van der Waals surface area contributed by atoms with Gasteiger partial charge in [0.2, 0.25) is 0 Å². The van der Waals surface area contributed by atoms with Crippen LogP contribution in [-0.2, 0) is 13.0 Å². The second-order valence-corrected chi connectivity index (χ2v) is 6.18. The Kier molecular flexibility index (Phi) is 8.32. The van der Waals surface area contributed by atoms with Crippen LogP contribution in [-0.4, -0.2) is 41.5 Å². The molecule has 1 heterocycles. The topological polar surface area (TPSA) is 56.3 Å². The van der Waals surface area contributed by atoms with Crippen LogP contribution in [0, 0.1) is 0 Å². The van der Waals surface area contributed by atoms with Crippen LogP contribution in [0.25, 0.3) is 11.3 Å². The molecule has 0 aliphatic heterocycles. The van der Waals surface area contributed by atoms with E-state index in [4.69, 9.17) is 0 Å². The summed E-state index contributed by atoms with van der Waals surface area (Å²) in [5.74, 6) is 1.77.